The monoisotopic (exact) mass is 222 g/mol. The topological polar surface area (TPSA) is 47.6 Å². The Morgan fingerprint density at radius 3 is 2.21 bits per heavy atom. The lowest BCUT2D eigenvalue weighted by Crippen LogP contribution is -2.12. The molecule has 1 rings (SSSR count). The van der Waals surface area contributed by atoms with Crippen LogP contribution in [0, 0.1) is 22.7 Å². The van der Waals surface area contributed by atoms with Gasteiger partial charge in [0.25, 0.3) is 0 Å². The number of hydrogen-bond donors (Lipinski definition) is 0. The summed E-state index contributed by atoms with van der Waals surface area (Å²) in [6, 6.07) is 6.66. The Balaban J connectivity index is 3.82. The SMILES string of the molecule is C=c1ccc(=C(C#N)C#N)c(Cl)c1Cl. The number of hydrogen-bond acceptors (Lipinski definition) is 2. The van der Waals surface area contributed by atoms with Crippen LogP contribution in [0.4, 0.5) is 0 Å². The Bertz CT molecular complexity index is 546. The molecule has 0 bridgehead atoms. The molecule has 1 aromatic rings. The van der Waals surface area contributed by atoms with Crippen molar-refractivity contribution in [3.05, 3.63) is 32.6 Å². The van der Waals surface area contributed by atoms with Crippen molar-refractivity contribution >= 4 is 35.4 Å². The highest BCUT2D eigenvalue weighted by molar-refractivity contribution is 6.42. The van der Waals surface area contributed by atoms with Gasteiger partial charge in [-0.25, -0.2) is 0 Å². The third kappa shape index (κ3) is 1.72. The zero-order valence-electron chi connectivity index (χ0n) is 7.01. The van der Waals surface area contributed by atoms with Crippen LogP contribution in [0.2, 0.25) is 10.0 Å². The molecule has 0 atom stereocenters. The van der Waals surface area contributed by atoms with Crippen molar-refractivity contribution in [3.63, 3.8) is 0 Å². The summed E-state index contributed by atoms with van der Waals surface area (Å²) in [6.07, 6.45) is 0. The molecule has 0 fully saturated rings. The zero-order chi connectivity index (χ0) is 10.7. The van der Waals surface area contributed by atoms with E-state index in [1.165, 1.54) is 0 Å². The average Bonchev–Trinajstić information content (AvgIpc) is 2.19. The molecule has 0 unspecified atom stereocenters. The zero-order valence-corrected chi connectivity index (χ0v) is 8.52. The van der Waals surface area contributed by atoms with E-state index in [9.17, 15) is 0 Å². The minimum absolute atomic E-state index is 0.0584. The van der Waals surface area contributed by atoms with Gasteiger partial charge >= 0.3 is 0 Å². The molecule has 0 spiro atoms. The average molecular weight is 223 g/mol. The van der Waals surface area contributed by atoms with Crippen LogP contribution < -0.4 is 10.4 Å². The molecule has 0 radical (unpaired) electrons. The van der Waals surface area contributed by atoms with Crippen molar-refractivity contribution in [1.29, 1.82) is 10.5 Å². The Hall–Kier alpha value is -1.48. The summed E-state index contributed by atoms with van der Waals surface area (Å²) < 4.78 is 0. The maximum absolute atomic E-state index is 8.64. The molecule has 0 amide bonds. The highest BCUT2D eigenvalue weighted by atomic mass is 35.5. The van der Waals surface area contributed by atoms with Crippen molar-refractivity contribution < 1.29 is 0 Å². The van der Waals surface area contributed by atoms with E-state index in [1.54, 1.807) is 24.3 Å². The second-order valence-electron chi connectivity index (χ2n) is 2.50. The highest BCUT2D eigenvalue weighted by Crippen LogP contribution is 2.12. The number of rotatable bonds is 0. The summed E-state index contributed by atoms with van der Waals surface area (Å²) in [5, 5.41) is 18.6. The van der Waals surface area contributed by atoms with Gasteiger partial charge in [0.15, 0.2) is 0 Å². The van der Waals surface area contributed by atoms with E-state index in [4.69, 9.17) is 33.7 Å². The molecule has 2 nitrogen and oxygen atoms in total. The second kappa shape index (κ2) is 4.15. The van der Waals surface area contributed by atoms with Crippen molar-refractivity contribution in [1.82, 2.24) is 0 Å². The lowest BCUT2D eigenvalue weighted by atomic mass is 10.2. The van der Waals surface area contributed by atoms with Crippen molar-refractivity contribution in [2.24, 2.45) is 0 Å². The second-order valence-corrected chi connectivity index (χ2v) is 3.25. The van der Waals surface area contributed by atoms with Gasteiger partial charge in [-0.05, 0) is 5.22 Å². The first-order valence-electron chi connectivity index (χ1n) is 3.59. The number of halogens is 2. The summed E-state index contributed by atoms with van der Waals surface area (Å²) >= 11 is 11.7. The van der Waals surface area contributed by atoms with Crippen LogP contribution in [-0.4, -0.2) is 0 Å². The minimum Gasteiger partial charge on any atom is -0.192 e. The molecule has 0 saturated carbocycles. The van der Waals surface area contributed by atoms with Crippen LogP contribution in [0.3, 0.4) is 0 Å². The number of nitrogens with zero attached hydrogens (tertiary/aromatic N) is 2. The Kier molecular flexibility index (Phi) is 3.14. The lowest BCUT2D eigenvalue weighted by molar-refractivity contribution is 1.48. The molecule has 0 aromatic heterocycles. The quantitative estimate of drug-likeness (QED) is 0.670. The van der Waals surface area contributed by atoms with E-state index < -0.39 is 0 Å². The molecular weight excluding hydrogens is 219 g/mol. The first-order valence-corrected chi connectivity index (χ1v) is 4.35. The van der Waals surface area contributed by atoms with E-state index in [0.29, 0.717) is 10.4 Å². The van der Waals surface area contributed by atoms with Gasteiger partial charge in [-0.2, -0.15) is 10.5 Å². The fraction of sp³-hybridized carbons (Fsp3) is 0. The van der Waals surface area contributed by atoms with Crippen molar-refractivity contribution in [3.8, 4) is 12.1 Å². The van der Waals surface area contributed by atoms with Gasteiger partial charge in [0.1, 0.15) is 17.7 Å². The molecule has 68 valence electrons. The number of nitriles is 2. The molecule has 4 heteroatoms. The standard InChI is InChI=1S/C10H4Cl2N2/c1-6-2-3-8(7(4-13)5-14)10(12)9(6)11/h2-3H,1H2. The Morgan fingerprint density at radius 2 is 1.71 bits per heavy atom. The van der Waals surface area contributed by atoms with Crippen LogP contribution in [0.25, 0.3) is 12.2 Å². The largest absolute Gasteiger partial charge is 0.192 e. The van der Waals surface area contributed by atoms with Gasteiger partial charge in [-0.3, -0.25) is 0 Å². The molecule has 0 saturated heterocycles. The van der Waals surface area contributed by atoms with Gasteiger partial charge in [-0.15, -0.1) is 0 Å². The summed E-state index contributed by atoms with van der Waals surface area (Å²) in [4.78, 5) is 0. The summed E-state index contributed by atoms with van der Waals surface area (Å²) in [5.74, 6) is 0. The normalized spacial score (nSPS) is 8.86. The first kappa shape index (κ1) is 10.6. The van der Waals surface area contributed by atoms with Gasteiger partial charge in [0.05, 0.1) is 10.0 Å². The maximum atomic E-state index is 8.64. The number of benzene rings is 1. The van der Waals surface area contributed by atoms with E-state index >= 15 is 0 Å². The van der Waals surface area contributed by atoms with E-state index in [1.807, 2.05) is 0 Å². The van der Waals surface area contributed by atoms with Gasteiger partial charge < -0.3 is 0 Å². The fourth-order valence-corrected chi connectivity index (χ4v) is 1.37. The summed E-state index contributed by atoms with van der Waals surface area (Å²) in [5.41, 5.74) is -0.0584. The first-order chi connectivity index (χ1) is 6.61. The third-order valence-electron chi connectivity index (χ3n) is 1.66. The lowest BCUT2D eigenvalue weighted by Gasteiger charge is -1.96. The molecule has 0 aliphatic heterocycles. The van der Waals surface area contributed by atoms with Crippen molar-refractivity contribution in [2.45, 2.75) is 0 Å². The predicted molar refractivity (Wildman–Crippen MR) is 55.9 cm³/mol. The van der Waals surface area contributed by atoms with E-state index in [2.05, 4.69) is 6.58 Å². The van der Waals surface area contributed by atoms with Gasteiger partial charge in [0, 0.05) is 5.22 Å². The summed E-state index contributed by atoms with van der Waals surface area (Å²) in [6.45, 7) is 3.64. The van der Waals surface area contributed by atoms with E-state index in [-0.39, 0.29) is 15.6 Å². The van der Waals surface area contributed by atoms with Crippen molar-refractivity contribution in [2.75, 3.05) is 0 Å². The van der Waals surface area contributed by atoms with Gasteiger partial charge in [-0.1, -0.05) is 41.9 Å². The molecule has 14 heavy (non-hydrogen) atoms. The molecule has 0 heterocycles. The van der Waals surface area contributed by atoms with E-state index in [0.717, 1.165) is 0 Å². The predicted octanol–water partition coefficient (Wildman–Crippen LogP) is 1.60. The minimum atomic E-state index is -0.0584. The Morgan fingerprint density at radius 1 is 1.14 bits per heavy atom. The fourth-order valence-electron chi connectivity index (χ4n) is 0.928. The van der Waals surface area contributed by atoms with Crippen LogP contribution in [0.15, 0.2) is 12.1 Å². The molecule has 0 aliphatic carbocycles. The van der Waals surface area contributed by atoms with Crippen LogP contribution in [0.1, 0.15) is 0 Å². The molecule has 1 aromatic carbocycles. The molecular formula is C10H4Cl2N2. The molecule has 0 aliphatic rings. The molecule has 0 N–H and O–H groups in total. The third-order valence-corrected chi connectivity index (χ3v) is 2.58. The Labute approximate surface area is 90.9 Å². The van der Waals surface area contributed by atoms with Crippen LogP contribution in [-0.2, 0) is 0 Å². The summed E-state index contributed by atoms with van der Waals surface area (Å²) in [7, 11) is 0. The van der Waals surface area contributed by atoms with Gasteiger partial charge in [0.2, 0.25) is 0 Å². The van der Waals surface area contributed by atoms with Crippen LogP contribution in [0.5, 0.6) is 0 Å². The maximum Gasteiger partial charge on any atom is 0.138 e. The van der Waals surface area contributed by atoms with Crippen LogP contribution >= 0.6 is 23.2 Å². The highest BCUT2D eigenvalue weighted by Gasteiger charge is 2.04. The smallest absolute Gasteiger partial charge is 0.138 e.